The summed E-state index contributed by atoms with van der Waals surface area (Å²) in [4.78, 5) is 0.347. The Morgan fingerprint density at radius 1 is 0.962 bits per heavy atom. The highest BCUT2D eigenvalue weighted by Crippen LogP contribution is 2.25. The first-order chi connectivity index (χ1) is 12.6. The van der Waals surface area contributed by atoms with E-state index in [-0.39, 0.29) is 6.10 Å². The van der Waals surface area contributed by atoms with Gasteiger partial charge in [-0.25, -0.2) is 8.42 Å². The van der Waals surface area contributed by atoms with Gasteiger partial charge in [-0.1, -0.05) is 42.5 Å². The van der Waals surface area contributed by atoms with Crippen LogP contribution in [0.25, 0.3) is 11.1 Å². The Morgan fingerprint density at radius 2 is 1.58 bits per heavy atom. The number of nitrogens with two attached hydrogens (primary N) is 1. The molecule has 0 aromatic heterocycles. The molecule has 2 N–H and O–H groups in total. The second-order valence-electron chi connectivity index (χ2n) is 6.51. The quantitative estimate of drug-likeness (QED) is 0.757. The Bertz CT molecular complexity index is 784. The van der Waals surface area contributed by atoms with Gasteiger partial charge < -0.3 is 10.5 Å². The summed E-state index contributed by atoms with van der Waals surface area (Å²) in [5.41, 5.74) is 7.55. The highest BCUT2D eigenvalue weighted by molar-refractivity contribution is 7.89. The molecule has 1 aliphatic heterocycles. The van der Waals surface area contributed by atoms with Crippen LogP contribution in [0, 0.1) is 0 Å². The van der Waals surface area contributed by atoms with Gasteiger partial charge in [-0.3, -0.25) is 0 Å². The molecule has 0 saturated carbocycles. The number of benzene rings is 2. The third kappa shape index (κ3) is 4.51. The van der Waals surface area contributed by atoms with E-state index in [0.29, 0.717) is 31.1 Å². The zero-order valence-electron chi connectivity index (χ0n) is 14.9. The van der Waals surface area contributed by atoms with Gasteiger partial charge in [0.05, 0.1) is 11.0 Å². The van der Waals surface area contributed by atoms with Crippen LogP contribution >= 0.6 is 0 Å². The fourth-order valence-corrected chi connectivity index (χ4v) is 4.64. The Morgan fingerprint density at radius 3 is 2.19 bits per heavy atom. The molecule has 0 unspecified atom stereocenters. The van der Waals surface area contributed by atoms with Crippen LogP contribution in [0.2, 0.25) is 0 Å². The van der Waals surface area contributed by atoms with Gasteiger partial charge in [0.15, 0.2) is 0 Å². The van der Waals surface area contributed by atoms with E-state index in [1.165, 1.54) is 0 Å². The highest BCUT2D eigenvalue weighted by Gasteiger charge is 2.29. The van der Waals surface area contributed by atoms with Crippen molar-refractivity contribution in [1.82, 2.24) is 4.31 Å². The van der Waals surface area contributed by atoms with Gasteiger partial charge in [0.2, 0.25) is 10.0 Å². The summed E-state index contributed by atoms with van der Waals surface area (Å²) >= 11 is 0. The number of nitrogens with zero attached hydrogens (tertiary/aromatic N) is 1. The molecular weight excluding hydrogens is 348 g/mol. The number of sulfonamides is 1. The molecule has 26 heavy (non-hydrogen) atoms. The van der Waals surface area contributed by atoms with E-state index in [0.717, 1.165) is 30.4 Å². The lowest BCUT2D eigenvalue weighted by Crippen LogP contribution is -2.40. The minimum absolute atomic E-state index is 0.133. The monoisotopic (exact) mass is 374 g/mol. The first kappa shape index (κ1) is 19.0. The largest absolute Gasteiger partial charge is 0.378 e. The van der Waals surface area contributed by atoms with E-state index in [4.69, 9.17) is 10.5 Å². The standard InChI is InChI=1S/C20H26N2O3S/c21-13-4-16-25-19-11-14-22(15-12-19)26(23,24)20-9-7-18(8-10-20)17-5-2-1-3-6-17/h1-3,5-10,19H,4,11-16,21H2. The smallest absolute Gasteiger partial charge is 0.243 e. The molecule has 0 radical (unpaired) electrons. The van der Waals surface area contributed by atoms with Gasteiger partial charge >= 0.3 is 0 Å². The summed E-state index contributed by atoms with van der Waals surface area (Å²) in [6, 6.07) is 17.1. The van der Waals surface area contributed by atoms with Crippen LogP contribution in [-0.4, -0.2) is 45.1 Å². The van der Waals surface area contributed by atoms with Crippen LogP contribution in [0.3, 0.4) is 0 Å². The Labute approximate surface area is 155 Å². The van der Waals surface area contributed by atoms with E-state index < -0.39 is 10.0 Å². The molecule has 1 saturated heterocycles. The van der Waals surface area contributed by atoms with E-state index in [2.05, 4.69) is 0 Å². The molecule has 1 fully saturated rings. The van der Waals surface area contributed by atoms with Gasteiger partial charge in [0, 0.05) is 19.7 Å². The zero-order chi connectivity index (χ0) is 18.4. The van der Waals surface area contributed by atoms with Gasteiger partial charge in [0.25, 0.3) is 0 Å². The molecule has 1 aliphatic rings. The number of rotatable bonds is 7. The molecule has 140 valence electrons. The van der Waals surface area contributed by atoms with Gasteiger partial charge in [-0.2, -0.15) is 4.31 Å². The maximum Gasteiger partial charge on any atom is 0.243 e. The molecular formula is C20H26N2O3S. The highest BCUT2D eigenvalue weighted by atomic mass is 32.2. The molecule has 0 amide bonds. The molecule has 1 heterocycles. The van der Waals surface area contributed by atoms with E-state index >= 15 is 0 Å². The number of ether oxygens (including phenoxy) is 1. The van der Waals surface area contributed by atoms with Crippen molar-refractivity contribution in [2.24, 2.45) is 5.73 Å². The summed E-state index contributed by atoms with van der Waals surface area (Å²) in [7, 11) is -3.45. The lowest BCUT2D eigenvalue weighted by Gasteiger charge is -2.31. The van der Waals surface area contributed by atoms with Crippen LogP contribution in [0.1, 0.15) is 19.3 Å². The molecule has 0 bridgehead atoms. The number of piperidine rings is 1. The SMILES string of the molecule is NCCCOC1CCN(S(=O)(=O)c2ccc(-c3ccccc3)cc2)CC1. The van der Waals surface area contributed by atoms with Crippen molar-refractivity contribution >= 4 is 10.0 Å². The summed E-state index contributed by atoms with van der Waals surface area (Å²) in [6.07, 6.45) is 2.43. The maximum absolute atomic E-state index is 12.9. The summed E-state index contributed by atoms with van der Waals surface area (Å²) in [6.45, 7) is 2.26. The lowest BCUT2D eigenvalue weighted by molar-refractivity contribution is 0.0209. The van der Waals surface area contributed by atoms with E-state index in [1.54, 1.807) is 16.4 Å². The normalized spacial score (nSPS) is 16.7. The van der Waals surface area contributed by atoms with Crippen molar-refractivity contribution < 1.29 is 13.2 Å². The minimum atomic E-state index is -3.45. The fraction of sp³-hybridized carbons (Fsp3) is 0.400. The van der Waals surface area contributed by atoms with Crippen molar-refractivity contribution in [2.45, 2.75) is 30.3 Å². The van der Waals surface area contributed by atoms with Crippen molar-refractivity contribution in [1.29, 1.82) is 0 Å². The molecule has 2 aromatic carbocycles. The molecule has 3 rings (SSSR count). The van der Waals surface area contributed by atoms with E-state index in [1.807, 2.05) is 42.5 Å². The van der Waals surface area contributed by atoms with Crippen LogP contribution in [0.4, 0.5) is 0 Å². The van der Waals surface area contributed by atoms with Crippen molar-refractivity contribution in [2.75, 3.05) is 26.2 Å². The second-order valence-corrected chi connectivity index (χ2v) is 8.44. The zero-order valence-corrected chi connectivity index (χ0v) is 15.7. The van der Waals surface area contributed by atoms with E-state index in [9.17, 15) is 8.42 Å². The molecule has 2 aromatic rings. The molecule has 0 atom stereocenters. The van der Waals surface area contributed by atoms with Gasteiger partial charge in [0.1, 0.15) is 0 Å². The summed E-state index contributed by atoms with van der Waals surface area (Å²) in [5, 5.41) is 0. The fourth-order valence-electron chi connectivity index (χ4n) is 3.17. The summed E-state index contributed by atoms with van der Waals surface area (Å²) < 4.78 is 33.1. The third-order valence-electron chi connectivity index (χ3n) is 4.70. The predicted molar refractivity (Wildman–Crippen MR) is 103 cm³/mol. The van der Waals surface area contributed by atoms with Gasteiger partial charge in [-0.05, 0) is 49.1 Å². The average Bonchev–Trinajstić information content (AvgIpc) is 2.69. The molecule has 0 spiro atoms. The maximum atomic E-state index is 12.9. The first-order valence-corrected chi connectivity index (χ1v) is 10.5. The molecule has 5 nitrogen and oxygen atoms in total. The predicted octanol–water partition coefficient (Wildman–Crippen LogP) is 2.87. The van der Waals surface area contributed by atoms with Crippen LogP contribution < -0.4 is 5.73 Å². The van der Waals surface area contributed by atoms with Crippen molar-refractivity contribution in [3.8, 4) is 11.1 Å². The van der Waals surface area contributed by atoms with Crippen LogP contribution in [0.15, 0.2) is 59.5 Å². The number of hydrogen-bond donors (Lipinski definition) is 1. The van der Waals surface area contributed by atoms with Crippen LogP contribution in [-0.2, 0) is 14.8 Å². The number of hydrogen-bond acceptors (Lipinski definition) is 4. The molecule has 6 heteroatoms. The first-order valence-electron chi connectivity index (χ1n) is 9.08. The molecule has 0 aliphatic carbocycles. The van der Waals surface area contributed by atoms with Crippen LogP contribution in [0.5, 0.6) is 0 Å². The van der Waals surface area contributed by atoms with Crippen molar-refractivity contribution in [3.63, 3.8) is 0 Å². The topological polar surface area (TPSA) is 72.6 Å². The Balaban J connectivity index is 1.64. The lowest BCUT2D eigenvalue weighted by atomic mass is 10.1. The Hall–Kier alpha value is -1.73. The second kappa shape index (κ2) is 8.77. The van der Waals surface area contributed by atoms with Crippen molar-refractivity contribution in [3.05, 3.63) is 54.6 Å². The Kier molecular flexibility index (Phi) is 6.43. The minimum Gasteiger partial charge on any atom is -0.378 e. The third-order valence-corrected chi connectivity index (χ3v) is 6.62. The summed E-state index contributed by atoms with van der Waals surface area (Å²) in [5.74, 6) is 0. The van der Waals surface area contributed by atoms with Gasteiger partial charge in [-0.15, -0.1) is 0 Å². The average molecular weight is 375 g/mol.